The van der Waals surface area contributed by atoms with Gasteiger partial charge in [-0.3, -0.25) is 4.79 Å². The summed E-state index contributed by atoms with van der Waals surface area (Å²) in [5.74, 6) is 0.175. The highest BCUT2D eigenvalue weighted by Gasteiger charge is 2.14. The van der Waals surface area contributed by atoms with Crippen molar-refractivity contribution < 1.29 is 4.79 Å². The normalized spacial score (nSPS) is 17.5. The van der Waals surface area contributed by atoms with Crippen molar-refractivity contribution >= 4 is 5.91 Å². The number of rotatable bonds is 3. The molecule has 1 fully saturated rings. The van der Waals surface area contributed by atoms with Gasteiger partial charge in [0.05, 0.1) is 6.42 Å². The molecule has 1 saturated carbocycles. The molecule has 0 aliphatic heterocycles. The number of carbonyl (C=O) groups is 1. The van der Waals surface area contributed by atoms with E-state index in [1.54, 1.807) is 0 Å². The summed E-state index contributed by atoms with van der Waals surface area (Å²) in [4.78, 5) is 12.1. The van der Waals surface area contributed by atoms with Gasteiger partial charge in [-0.05, 0) is 25.3 Å². The number of amides is 1. The van der Waals surface area contributed by atoms with E-state index in [9.17, 15) is 4.79 Å². The molecule has 0 unspecified atom stereocenters. The first-order valence-corrected chi connectivity index (χ1v) is 7.59. The summed E-state index contributed by atoms with van der Waals surface area (Å²) < 4.78 is 0. The molecule has 19 heavy (non-hydrogen) atoms. The number of nitrogens with one attached hydrogen (secondary N) is 1. The first-order valence-electron chi connectivity index (χ1n) is 7.59. The van der Waals surface area contributed by atoms with Crippen LogP contribution in [0.5, 0.6) is 0 Å². The summed E-state index contributed by atoms with van der Waals surface area (Å²) in [5, 5.41) is 3.21. The van der Waals surface area contributed by atoms with Crippen LogP contribution in [0.2, 0.25) is 0 Å². The lowest BCUT2D eigenvalue weighted by atomic mass is 9.96. The summed E-state index contributed by atoms with van der Waals surface area (Å²) in [6, 6.07) is 8.63. The molecule has 0 spiro atoms. The Balaban J connectivity index is 1.80. The van der Waals surface area contributed by atoms with Crippen molar-refractivity contribution in [2.45, 2.75) is 64.3 Å². The summed E-state index contributed by atoms with van der Waals surface area (Å²) in [6.07, 6.45) is 9.35. The van der Waals surface area contributed by atoms with Crippen molar-refractivity contribution in [1.82, 2.24) is 5.32 Å². The second-order valence-corrected chi connectivity index (χ2v) is 5.77. The predicted molar refractivity (Wildman–Crippen MR) is 79.1 cm³/mol. The fraction of sp³-hybridized carbons (Fsp3) is 0.588. The van der Waals surface area contributed by atoms with Gasteiger partial charge in [-0.2, -0.15) is 0 Å². The molecule has 0 bridgehead atoms. The van der Waals surface area contributed by atoms with Crippen LogP contribution in [0, 0.1) is 6.92 Å². The van der Waals surface area contributed by atoms with E-state index in [4.69, 9.17) is 0 Å². The number of benzene rings is 1. The van der Waals surface area contributed by atoms with Gasteiger partial charge in [0, 0.05) is 6.04 Å². The maximum Gasteiger partial charge on any atom is 0.224 e. The summed E-state index contributed by atoms with van der Waals surface area (Å²) in [7, 11) is 0. The van der Waals surface area contributed by atoms with E-state index in [2.05, 4.69) is 24.4 Å². The maximum absolute atomic E-state index is 12.1. The molecule has 1 N–H and O–H groups in total. The fourth-order valence-corrected chi connectivity index (χ4v) is 2.77. The second-order valence-electron chi connectivity index (χ2n) is 5.77. The van der Waals surface area contributed by atoms with Gasteiger partial charge >= 0.3 is 0 Å². The Morgan fingerprint density at radius 1 is 1.05 bits per heavy atom. The topological polar surface area (TPSA) is 29.1 Å². The van der Waals surface area contributed by atoms with Crippen molar-refractivity contribution in [2.75, 3.05) is 0 Å². The maximum atomic E-state index is 12.1. The largest absolute Gasteiger partial charge is 0.353 e. The molecule has 2 rings (SSSR count). The average molecular weight is 259 g/mol. The van der Waals surface area contributed by atoms with Crippen LogP contribution >= 0.6 is 0 Å². The molecule has 2 nitrogen and oxygen atoms in total. The number of hydrogen-bond donors (Lipinski definition) is 1. The van der Waals surface area contributed by atoms with E-state index < -0.39 is 0 Å². The minimum Gasteiger partial charge on any atom is -0.353 e. The minimum absolute atomic E-state index is 0.175. The number of hydrogen-bond acceptors (Lipinski definition) is 1. The second kappa shape index (κ2) is 7.32. The van der Waals surface area contributed by atoms with Crippen molar-refractivity contribution in [3.05, 3.63) is 35.4 Å². The van der Waals surface area contributed by atoms with Gasteiger partial charge in [0.15, 0.2) is 0 Å². The van der Waals surface area contributed by atoms with E-state index in [-0.39, 0.29) is 5.91 Å². The Kier molecular flexibility index (Phi) is 5.44. The lowest BCUT2D eigenvalue weighted by molar-refractivity contribution is -0.121. The number of carbonyl (C=O) groups excluding carboxylic acids is 1. The van der Waals surface area contributed by atoms with Gasteiger partial charge in [-0.15, -0.1) is 0 Å². The molecule has 0 atom stereocenters. The third-order valence-corrected chi connectivity index (χ3v) is 3.96. The van der Waals surface area contributed by atoms with Crippen LogP contribution in [0.4, 0.5) is 0 Å². The zero-order chi connectivity index (χ0) is 13.5. The van der Waals surface area contributed by atoms with Crippen molar-refractivity contribution in [3.8, 4) is 0 Å². The van der Waals surface area contributed by atoms with Crippen LogP contribution in [0.25, 0.3) is 0 Å². The van der Waals surface area contributed by atoms with Gasteiger partial charge < -0.3 is 5.32 Å². The molecule has 0 radical (unpaired) electrons. The Hall–Kier alpha value is -1.31. The molecule has 0 aromatic heterocycles. The highest BCUT2D eigenvalue weighted by atomic mass is 16.1. The van der Waals surface area contributed by atoms with Crippen molar-refractivity contribution in [1.29, 1.82) is 0 Å². The molecule has 1 aliphatic carbocycles. The molecule has 0 saturated heterocycles. The third-order valence-electron chi connectivity index (χ3n) is 3.96. The first kappa shape index (κ1) is 14.1. The van der Waals surface area contributed by atoms with Gasteiger partial charge in [0.25, 0.3) is 0 Å². The zero-order valence-electron chi connectivity index (χ0n) is 12.0. The van der Waals surface area contributed by atoms with Crippen LogP contribution in [-0.2, 0) is 11.2 Å². The summed E-state index contributed by atoms with van der Waals surface area (Å²) in [5.41, 5.74) is 2.35. The zero-order valence-corrected chi connectivity index (χ0v) is 12.0. The van der Waals surface area contributed by atoms with E-state index in [1.807, 2.05) is 12.1 Å². The molecule has 104 valence electrons. The van der Waals surface area contributed by atoms with E-state index in [0.29, 0.717) is 12.5 Å². The monoisotopic (exact) mass is 259 g/mol. The highest BCUT2D eigenvalue weighted by molar-refractivity contribution is 5.78. The molecular weight excluding hydrogens is 234 g/mol. The standard InChI is InChI=1S/C17H25NO/c1-14-9-11-15(12-10-14)13-17(19)18-16-7-5-3-2-4-6-8-16/h9-12,16H,2-8,13H2,1H3,(H,18,19). The molecule has 1 aliphatic rings. The fourth-order valence-electron chi connectivity index (χ4n) is 2.77. The van der Waals surface area contributed by atoms with Gasteiger partial charge in [0.1, 0.15) is 0 Å². The van der Waals surface area contributed by atoms with Crippen LogP contribution in [0.15, 0.2) is 24.3 Å². The molecule has 0 heterocycles. The molecule has 1 amide bonds. The molecule has 1 aromatic carbocycles. The third kappa shape index (κ3) is 5.06. The highest BCUT2D eigenvalue weighted by Crippen LogP contribution is 2.17. The molecular formula is C17H25NO. The van der Waals surface area contributed by atoms with E-state index in [0.717, 1.165) is 18.4 Å². The van der Waals surface area contributed by atoms with Gasteiger partial charge in [-0.25, -0.2) is 0 Å². The van der Waals surface area contributed by atoms with Crippen LogP contribution in [0.3, 0.4) is 0 Å². The quantitative estimate of drug-likeness (QED) is 0.879. The van der Waals surface area contributed by atoms with E-state index >= 15 is 0 Å². The Morgan fingerprint density at radius 2 is 1.63 bits per heavy atom. The summed E-state index contributed by atoms with van der Waals surface area (Å²) >= 11 is 0. The van der Waals surface area contributed by atoms with Crippen molar-refractivity contribution in [3.63, 3.8) is 0 Å². The first-order chi connectivity index (χ1) is 9.24. The predicted octanol–water partition coefficient (Wildman–Crippen LogP) is 3.77. The SMILES string of the molecule is Cc1ccc(CC(=O)NC2CCCCCCC2)cc1. The van der Waals surface area contributed by atoms with Crippen molar-refractivity contribution in [2.24, 2.45) is 0 Å². The van der Waals surface area contributed by atoms with Crippen LogP contribution in [-0.4, -0.2) is 11.9 Å². The molecule has 1 aromatic rings. The van der Waals surface area contributed by atoms with Crippen LogP contribution in [0.1, 0.15) is 56.1 Å². The molecule has 2 heteroatoms. The lowest BCUT2D eigenvalue weighted by Gasteiger charge is -2.21. The average Bonchev–Trinajstić information content (AvgIpc) is 2.35. The van der Waals surface area contributed by atoms with E-state index in [1.165, 1.54) is 37.7 Å². The van der Waals surface area contributed by atoms with Crippen LogP contribution < -0.4 is 5.32 Å². The Bertz CT molecular complexity index is 388. The lowest BCUT2D eigenvalue weighted by Crippen LogP contribution is -2.36. The summed E-state index contributed by atoms with van der Waals surface area (Å²) in [6.45, 7) is 2.07. The Labute approximate surface area is 116 Å². The van der Waals surface area contributed by atoms with Gasteiger partial charge in [0.2, 0.25) is 5.91 Å². The number of aryl methyl sites for hydroxylation is 1. The smallest absolute Gasteiger partial charge is 0.224 e. The minimum atomic E-state index is 0.175. The Morgan fingerprint density at radius 3 is 2.26 bits per heavy atom. The van der Waals surface area contributed by atoms with Gasteiger partial charge in [-0.1, -0.05) is 61.9 Å².